The number of aryl methyl sites for hydroxylation is 2. The zero-order valence-electron chi connectivity index (χ0n) is 67.5. The highest BCUT2D eigenvalue weighted by Gasteiger charge is 2.31. The van der Waals surface area contributed by atoms with Crippen LogP contribution >= 0.6 is 167 Å². The molecule has 1 aliphatic carbocycles. The summed E-state index contributed by atoms with van der Waals surface area (Å²) in [5.41, 5.74) is 9.52. The van der Waals surface area contributed by atoms with Gasteiger partial charge in [0.2, 0.25) is 10.0 Å². The Hall–Kier alpha value is -5.87. The van der Waals surface area contributed by atoms with Crippen LogP contribution < -0.4 is 9.47 Å². The Balaban J connectivity index is 0.000000354. The average molecular weight is 1980 g/mol. The first-order valence-electron chi connectivity index (χ1n) is 37.4. The first-order chi connectivity index (χ1) is 56.5. The van der Waals surface area contributed by atoms with Crippen molar-refractivity contribution in [2.24, 2.45) is 0 Å². The molecule has 0 atom stereocenters. The van der Waals surface area contributed by atoms with Crippen molar-refractivity contribution in [3.8, 4) is 17.6 Å². The number of nitrogens with one attached hydrogen (secondary N) is 1. The maximum Gasteiger partial charge on any atom is 0.243 e. The van der Waals surface area contributed by atoms with Crippen molar-refractivity contribution >= 4 is 235 Å². The zero-order chi connectivity index (χ0) is 88.8. The van der Waals surface area contributed by atoms with E-state index in [2.05, 4.69) is 196 Å². The standard InChI is InChI=1S/C16H23NO3S2.C13H18O3S.C12H13NOS.C10H8ClNOS.C9H10BrNOS.C9H14N2OS2.C8H8BrNOS.C8H8ClNOS/c1-17(14-8-3-2-4-9-14)22(19,20)16-10-6-5-7-13(16)11-15(18)12-21;1-3-15-12-5-6-13(16-4-2)10(8-12)7-11(14)9-17;1-8-4-10-5-9(6-11(14)7-15)2-3-12(10)13-8;11-10-3-7(5-12)1-2-8(10)4-9(13)6-14;1-6-2-7(10)4-11-9(6)3-8(12)5-13;1-9(2,3)8-11-10-7(14-8)4-6(12)5-13;9-8-3-1-2-6(10-8)4-7(11)5-12;9-8-4-6(1-2-10-8)3-7(11)5-12/h5-7,10,14,21H,2-4,8-9,11-12H2,1H3;5-6,8,17H,3-4,7,9H2,1-2H3;2-5,13,15H,6-7H2,1H3;1-3,14H,4,6H2;2,4,13H,3,5H2,1H3;13H,4-5H2,1-3H3;1-3,12H,4-5H2;1-2,4,12H,3,5H2. The number of hydrogen-bond acceptors (Lipinski definition) is 27. The maximum absolute atomic E-state index is 12.9. The van der Waals surface area contributed by atoms with Crippen molar-refractivity contribution in [3.63, 3.8) is 0 Å². The van der Waals surface area contributed by atoms with Gasteiger partial charge in [-0.15, -0.1) is 21.5 Å². The van der Waals surface area contributed by atoms with Crippen LogP contribution in [0.25, 0.3) is 10.9 Å². The molecule has 0 aliphatic heterocycles. The lowest BCUT2D eigenvalue weighted by atomic mass is 9.96. The molecule has 1 N–H and O–H groups in total. The first-order valence-corrected chi connectivity index (χ1v) is 47.1. The Labute approximate surface area is 774 Å². The Morgan fingerprint density at radius 3 is 1.69 bits per heavy atom. The molecule has 1 aliphatic rings. The normalized spacial score (nSPS) is 11.5. The molecule has 20 nitrogen and oxygen atoms in total. The number of aromatic nitrogens is 6. The molecule has 10 rings (SSSR count). The van der Waals surface area contributed by atoms with Crippen molar-refractivity contribution in [2.45, 2.75) is 148 Å². The monoisotopic (exact) mass is 1970 g/mol. The van der Waals surface area contributed by atoms with E-state index in [9.17, 15) is 46.8 Å². The fourth-order valence-electron chi connectivity index (χ4n) is 10.7. The van der Waals surface area contributed by atoms with Crippen LogP contribution in [0.2, 0.25) is 10.2 Å². The Bertz CT molecular complexity index is 4890. The van der Waals surface area contributed by atoms with Gasteiger partial charge in [0.15, 0.2) is 0 Å². The van der Waals surface area contributed by atoms with Crippen LogP contribution in [0.3, 0.4) is 0 Å². The van der Waals surface area contributed by atoms with Crippen LogP contribution in [0.1, 0.15) is 133 Å². The highest BCUT2D eigenvalue weighted by Crippen LogP contribution is 2.31. The largest absolute Gasteiger partial charge is 0.494 e. The SMILES string of the molecule is CC(C)(C)c1nnc(CC(=O)CS)s1.CCOc1ccc(OCC)c(CC(=O)CS)c1.CN(C1CCCCC1)S(=O)(=O)c1ccccc1CC(=O)CS.Cc1cc(Br)cnc1CC(=O)CS.Cc1cc2cc(CC(=O)CS)ccc2[nH]1.N#Cc1ccc(CC(=O)CS)c(Cl)c1.O=C(CS)Cc1cccc(Br)n1.O=C(CS)Cc1ccnc(Cl)c1. The van der Waals surface area contributed by atoms with Crippen LogP contribution in [0.15, 0.2) is 148 Å². The summed E-state index contributed by atoms with van der Waals surface area (Å²) < 4.78 is 39.9. The number of carbonyl (C=O) groups is 8. The minimum Gasteiger partial charge on any atom is -0.494 e. The third-order valence-electron chi connectivity index (χ3n) is 16.7. The number of Topliss-reactive ketones (excluding diaryl/α,β-unsaturated/α-hetero) is 8. The smallest absolute Gasteiger partial charge is 0.243 e. The van der Waals surface area contributed by atoms with Gasteiger partial charge in [-0.2, -0.15) is 111 Å². The number of nitrogens with zero attached hydrogens (tertiary/aromatic N) is 7. The number of pyridine rings is 3. The van der Waals surface area contributed by atoms with E-state index in [0.29, 0.717) is 78.8 Å². The Kier molecular flexibility index (Phi) is 52.6. The summed E-state index contributed by atoms with van der Waals surface area (Å²) in [4.78, 5) is 105. The van der Waals surface area contributed by atoms with Crippen molar-refractivity contribution in [3.05, 3.63) is 219 Å². The lowest BCUT2D eigenvalue weighted by Crippen LogP contribution is -2.38. The molecule has 0 unspecified atom stereocenters. The van der Waals surface area contributed by atoms with Crippen molar-refractivity contribution in [1.82, 2.24) is 34.4 Å². The molecule has 9 aromatic rings. The van der Waals surface area contributed by atoms with E-state index in [-0.39, 0.29) is 116 Å². The van der Waals surface area contributed by atoms with Gasteiger partial charge in [-0.3, -0.25) is 43.3 Å². The number of thiol groups is 8. The predicted molar refractivity (Wildman–Crippen MR) is 513 cm³/mol. The Morgan fingerprint density at radius 1 is 0.588 bits per heavy atom. The fraction of sp³-hybridized carbons (Fsp3) is 0.388. The van der Waals surface area contributed by atoms with Gasteiger partial charge in [0.1, 0.15) is 77.5 Å². The molecule has 119 heavy (non-hydrogen) atoms. The maximum atomic E-state index is 12.9. The molecule has 5 aromatic heterocycles. The number of H-pyrrole nitrogens is 1. The van der Waals surface area contributed by atoms with E-state index in [0.717, 1.165) is 112 Å². The third-order valence-corrected chi connectivity index (χ3v) is 24.3. The summed E-state index contributed by atoms with van der Waals surface area (Å²) in [6, 6.07) is 38.3. The zero-order valence-corrected chi connectivity index (χ0v) is 81.0. The molecule has 0 bridgehead atoms. The summed E-state index contributed by atoms with van der Waals surface area (Å²) in [5, 5.41) is 20.4. The van der Waals surface area contributed by atoms with Gasteiger partial charge in [-0.25, -0.2) is 18.4 Å². The second kappa shape index (κ2) is 58.3. The number of nitriles is 1. The molecular weight excluding hydrogens is 1880 g/mol. The molecule has 0 amide bonds. The van der Waals surface area contributed by atoms with Gasteiger partial charge in [-0.05, 0) is 191 Å². The van der Waals surface area contributed by atoms with Gasteiger partial charge in [0, 0.05) is 154 Å². The minimum atomic E-state index is -3.57. The molecule has 0 radical (unpaired) electrons. The lowest BCUT2D eigenvalue weighted by molar-refractivity contribution is -0.116. The number of sulfonamides is 1. The van der Waals surface area contributed by atoms with Crippen molar-refractivity contribution in [1.29, 1.82) is 5.26 Å². The van der Waals surface area contributed by atoms with Crippen LogP contribution in [0, 0.1) is 25.2 Å². The number of rotatable bonds is 31. The van der Waals surface area contributed by atoms with E-state index in [1.165, 1.54) is 22.1 Å². The number of benzene rings is 4. The van der Waals surface area contributed by atoms with Gasteiger partial charge in [-0.1, -0.05) is 99.6 Å². The lowest BCUT2D eigenvalue weighted by Gasteiger charge is -2.30. The second-order valence-electron chi connectivity index (χ2n) is 27.4. The summed E-state index contributed by atoms with van der Waals surface area (Å²) in [6.45, 7) is 15.2. The molecule has 34 heteroatoms. The Morgan fingerprint density at radius 2 is 1.14 bits per heavy atom. The van der Waals surface area contributed by atoms with Crippen molar-refractivity contribution < 1.29 is 56.2 Å². The third kappa shape index (κ3) is 41.9. The highest BCUT2D eigenvalue weighted by atomic mass is 79.9. The topological polar surface area (TPSA) is 296 Å². The van der Waals surface area contributed by atoms with E-state index >= 15 is 0 Å². The molecule has 1 fully saturated rings. The summed E-state index contributed by atoms with van der Waals surface area (Å²) >= 11 is 50.9. The van der Waals surface area contributed by atoms with Crippen LogP contribution in [0.4, 0.5) is 0 Å². The highest BCUT2D eigenvalue weighted by molar-refractivity contribution is 9.10. The molecule has 0 saturated heterocycles. The minimum absolute atomic E-state index is 0.0138. The van der Waals surface area contributed by atoms with Gasteiger partial charge in [0.05, 0.1) is 41.9 Å². The molecule has 4 aromatic carbocycles. The number of aromatic amines is 1. The van der Waals surface area contributed by atoms with Gasteiger partial charge >= 0.3 is 0 Å². The summed E-state index contributed by atoms with van der Waals surface area (Å²) in [7, 11) is -1.91. The number of carbonyl (C=O) groups excluding carboxylic acids is 8. The number of ketones is 8. The van der Waals surface area contributed by atoms with Gasteiger partial charge in [0.25, 0.3) is 0 Å². The number of halogens is 4. The average Bonchev–Trinajstić information content (AvgIpc) is 1.24. The molecular formula is C85H102Br2Cl2N8O12S10. The van der Waals surface area contributed by atoms with Crippen LogP contribution in [-0.2, 0) is 105 Å². The number of fused-ring (bicyclic) bond motifs is 1. The molecule has 642 valence electrons. The number of ether oxygens (including phenoxy) is 2. The van der Waals surface area contributed by atoms with Crippen LogP contribution in [-0.4, -0.2) is 161 Å². The first kappa shape index (κ1) is 107. The predicted octanol–water partition coefficient (Wildman–Crippen LogP) is 17.7. The van der Waals surface area contributed by atoms with E-state index in [4.69, 9.17) is 37.9 Å². The summed E-state index contributed by atoms with van der Waals surface area (Å²) in [5.74, 6) is 3.98. The van der Waals surface area contributed by atoms with E-state index in [1.807, 2.05) is 88.4 Å². The quantitative estimate of drug-likeness (QED) is 0.0144. The number of hydrogen-bond donors (Lipinski definition) is 9. The summed E-state index contributed by atoms with van der Waals surface area (Å²) in [6.07, 6.45) is 11.1. The van der Waals surface area contributed by atoms with Crippen LogP contribution in [0.5, 0.6) is 11.5 Å². The van der Waals surface area contributed by atoms with Crippen molar-refractivity contribution in [2.75, 3.05) is 66.3 Å². The molecule has 0 spiro atoms. The van der Waals surface area contributed by atoms with E-state index < -0.39 is 10.0 Å². The fourth-order valence-corrected chi connectivity index (χ4v) is 15.4. The molecule has 1 saturated carbocycles. The van der Waals surface area contributed by atoms with E-state index in [1.54, 1.807) is 74.0 Å². The second-order valence-corrected chi connectivity index (χ2v) is 35.5. The molecule has 5 heterocycles. The van der Waals surface area contributed by atoms with Gasteiger partial charge < -0.3 is 14.5 Å².